The first-order valence-electron chi connectivity index (χ1n) is 3.81. The first kappa shape index (κ1) is 10.9. The molecule has 0 aliphatic rings. The van der Waals surface area contributed by atoms with E-state index in [-0.39, 0.29) is 11.3 Å². The summed E-state index contributed by atoms with van der Waals surface area (Å²) in [4.78, 5) is 10.1. The van der Waals surface area contributed by atoms with Crippen LogP contribution in [0.2, 0.25) is 0 Å². The number of hydrogen-bond donors (Lipinski definition) is 1. The lowest BCUT2D eigenvalue weighted by molar-refractivity contribution is -0.386. The van der Waals surface area contributed by atoms with Gasteiger partial charge in [-0.15, -0.1) is 6.58 Å². The van der Waals surface area contributed by atoms with Gasteiger partial charge in [-0.3, -0.25) is 10.1 Å². The summed E-state index contributed by atoms with van der Waals surface area (Å²) in [6, 6.07) is 4.52. The molecule has 0 heterocycles. The van der Waals surface area contributed by atoms with Crippen LogP contribution in [0.25, 0.3) is 0 Å². The Morgan fingerprint density at radius 3 is 2.79 bits per heavy atom. The van der Waals surface area contributed by atoms with Gasteiger partial charge in [0.05, 0.1) is 10.5 Å². The molecule has 4 nitrogen and oxygen atoms in total. The molecule has 0 aliphatic heterocycles. The molecule has 0 aromatic heterocycles. The molecule has 0 bridgehead atoms. The number of rotatable bonds is 3. The summed E-state index contributed by atoms with van der Waals surface area (Å²) < 4.78 is 0.499. The molecule has 1 unspecified atom stereocenters. The number of nitro benzene ring substituents is 1. The highest BCUT2D eigenvalue weighted by Gasteiger charge is 2.20. The van der Waals surface area contributed by atoms with Crippen LogP contribution in [0.5, 0.6) is 0 Å². The van der Waals surface area contributed by atoms with Crippen molar-refractivity contribution < 1.29 is 10.0 Å². The highest BCUT2D eigenvalue weighted by molar-refractivity contribution is 9.10. The predicted molar refractivity (Wildman–Crippen MR) is 56.0 cm³/mol. The predicted octanol–water partition coefficient (Wildman–Crippen LogP) is 2.58. The second kappa shape index (κ2) is 4.34. The number of benzene rings is 1. The van der Waals surface area contributed by atoms with E-state index >= 15 is 0 Å². The molecule has 0 amide bonds. The van der Waals surface area contributed by atoms with Crippen LogP contribution in [0.1, 0.15) is 11.7 Å². The van der Waals surface area contributed by atoms with Crippen LogP contribution in [-0.2, 0) is 0 Å². The minimum Gasteiger partial charge on any atom is -0.384 e. The Bertz CT molecular complexity index is 378. The summed E-state index contributed by atoms with van der Waals surface area (Å²) in [5.74, 6) is 0. The number of aliphatic hydroxyl groups excluding tert-OH is 1. The minimum atomic E-state index is -1.04. The van der Waals surface area contributed by atoms with Gasteiger partial charge in [0.1, 0.15) is 6.10 Å². The third-order valence-corrected chi connectivity index (χ3v) is 2.44. The first-order valence-corrected chi connectivity index (χ1v) is 4.60. The molecule has 1 atom stereocenters. The monoisotopic (exact) mass is 257 g/mol. The van der Waals surface area contributed by atoms with Crippen molar-refractivity contribution in [1.29, 1.82) is 0 Å². The van der Waals surface area contributed by atoms with Crippen LogP contribution >= 0.6 is 15.9 Å². The number of aliphatic hydroxyl groups is 1. The van der Waals surface area contributed by atoms with E-state index in [4.69, 9.17) is 0 Å². The smallest absolute Gasteiger partial charge is 0.276 e. The number of halogens is 1. The fourth-order valence-corrected chi connectivity index (χ4v) is 1.69. The van der Waals surface area contributed by atoms with E-state index < -0.39 is 11.0 Å². The molecule has 0 fully saturated rings. The van der Waals surface area contributed by atoms with Gasteiger partial charge in [-0.2, -0.15) is 0 Å². The maximum atomic E-state index is 10.6. The van der Waals surface area contributed by atoms with E-state index in [0.717, 1.165) is 0 Å². The molecule has 0 aliphatic carbocycles. The van der Waals surface area contributed by atoms with Crippen molar-refractivity contribution in [2.24, 2.45) is 0 Å². The fourth-order valence-electron chi connectivity index (χ4n) is 1.10. The standard InChI is InChI=1S/C9H8BrNO3/c1-2-8(12)9-6(10)4-3-5-7(9)11(13)14/h2-5,8,12H,1H2. The SMILES string of the molecule is C=CC(O)c1c(Br)cccc1[N+](=O)[O-]. The number of nitro groups is 1. The van der Waals surface area contributed by atoms with Gasteiger partial charge in [0, 0.05) is 10.5 Å². The van der Waals surface area contributed by atoms with Crippen LogP contribution in [0, 0.1) is 10.1 Å². The second-order valence-electron chi connectivity index (χ2n) is 2.61. The maximum Gasteiger partial charge on any atom is 0.276 e. The lowest BCUT2D eigenvalue weighted by Gasteiger charge is -2.08. The highest BCUT2D eigenvalue weighted by atomic mass is 79.9. The molecule has 1 N–H and O–H groups in total. The fraction of sp³-hybridized carbons (Fsp3) is 0.111. The molecule has 14 heavy (non-hydrogen) atoms. The largest absolute Gasteiger partial charge is 0.384 e. The van der Waals surface area contributed by atoms with Crippen LogP contribution < -0.4 is 0 Å². The topological polar surface area (TPSA) is 63.4 Å². The zero-order valence-electron chi connectivity index (χ0n) is 7.18. The summed E-state index contributed by atoms with van der Waals surface area (Å²) in [7, 11) is 0. The molecule has 0 radical (unpaired) electrons. The van der Waals surface area contributed by atoms with Gasteiger partial charge in [-0.25, -0.2) is 0 Å². The zero-order chi connectivity index (χ0) is 10.7. The van der Waals surface area contributed by atoms with Gasteiger partial charge < -0.3 is 5.11 Å². The van der Waals surface area contributed by atoms with Crippen molar-refractivity contribution in [3.05, 3.63) is 51.0 Å². The molecule has 74 valence electrons. The van der Waals surface area contributed by atoms with E-state index in [0.29, 0.717) is 4.47 Å². The van der Waals surface area contributed by atoms with Gasteiger partial charge >= 0.3 is 0 Å². The molecule has 5 heteroatoms. The van der Waals surface area contributed by atoms with Crippen molar-refractivity contribution in [3.63, 3.8) is 0 Å². The van der Waals surface area contributed by atoms with Crippen molar-refractivity contribution in [2.75, 3.05) is 0 Å². The van der Waals surface area contributed by atoms with E-state index in [9.17, 15) is 15.2 Å². The van der Waals surface area contributed by atoms with E-state index in [2.05, 4.69) is 22.5 Å². The van der Waals surface area contributed by atoms with Crippen molar-refractivity contribution in [1.82, 2.24) is 0 Å². The van der Waals surface area contributed by atoms with Crippen LogP contribution in [0.4, 0.5) is 5.69 Å². The molecule has 0 saturated carbocycles. The molecule has 1 rings (SSSR count). The lowest BCUT2D eigenvalue weighted by Crippen LogP contribution is -2.00. The third kappa shape index (κ3) is 2.00. The molecular weight excluding hydrogens is 250 g/mol. The van der Waals surface area contributed by atoms with Gasteiger partial charge in [0.25, 0.3) is 5.69 Å². The van der Waals surface area contributed by atoms with Gasteiger partial charge in [-0.05, 0) is 6.07 Å². The Balaban J connectivity index is 3.36. The molecular formula is C9H8BrNO3. The van der Waals surface area contributed by atoms with Crippen LogP contribution in [-0.4, -0.2) is 10.0 Å². The summed E-state index contributed by atoms with van der Waals surface area (Å²) >= 11 is 3.14. The van der Waals surface area contributed by atoms with Crippen molar-refractivity contribution in [3.8, 4) is 0 Å². The van der Waals surface area contributed by atoms with E-state index in [1.807, 2.05) is 0 Å². The Kier molecular flexibility index (Phi) is 3.38. The highest BCUT2D eigenvalue weighted by Crippen LogP contribution is 2.32. The van der Waals surface area contributed by atoms with Crippen LogP contribution in [0.3, 0.4) is 0 Å². The summed E-state index contributed by atoms with van der Waals surface area (Å²) in [6.45, 7) is 3.39. The van der Waals surface area contributed by atoms with E-state index in [1.54, 1.807) is 12.1 Å². The number of hydrogen-bond acceptors (Lipinski definition) is 3. The van der Waals surface area contributed by atoms with Crippen molar-refractivity contribution >= 4 is 21.6 Å². The molecule has 1 aromatic rings. The molecule has 1 aromatic carbocycles. The van der Waals surface area contributed by atoms with Crippen molar-refractivity contribution in [2.45, 2.75) is 6.10 Å². The average molecular weight is 258 g/mol. The maximum absolute atomic E-state index is 10.6. The Morgan fingerprint density at radius 2 is 2.29 bits per heavy atom. The Morgan fingerprint density at radius 1 is 1.64 bits per heavy atom. The normalized spacial score (nSPS) is 12.1. The lowest BCUT2D eigenvalue weighted by atomic mass is 10.1. The van der Waals surface area contributed by atoms with Gasteiger partial charge in [-0.1, -0.05) is 28.1 Å². The summed E-state index contributed by atoms with van der Waals surface area (Å²) in [5.41, 5.74) is 0.110. The molecule has 0 spiro atoms. The van der Waals surface area contributed by atoms with E-state index in [1.165, 1.54) is 12.1 Å². The second-order valence-corrected chi connectivity index (χ2v) is 3.46. The number of nitrogens with zero attached hydrogens (tertiary/aromatic N) is 1. The van der Waals surface area contributed by atoms with Crippen LogP contribution in [0.15, 0.2) is 35.3 Å². The van der Waals surface area contributed by atoms with Gasteiger partial charge in [0.15, 0.2) is 0 Å². The Labute approximate surface area is 89.2 Å². The summed E-state index contributed by atoms with van der Waals surface area (Å²) in [5, 5.41) is 20.1. The van der Waals surface area contributed by atoms with Gasteiger partial charge in [0.2, 0.25) is 0 Å². The Hall–Kier alpha value is -1.20. The third-order valence-electron chi connectivity index (χ3n) is 1.75. The quantitative estimate of drug-likeness (QED) is 0.514. The summed E-state index contributed by atoms with van der Waals surface area (Å²) in [6.07, 6.45) is 0.207. The average Bonchev–Trinajstić information content (AvgIpc) is 2.16. The molecule has 0 saturated heterocycles. The first-order chi connectivity index (χ1) is 6.57. The zero-order valence-corrected chi connectivity index (χ0v) is 8.77. The minimum absolute atomic E-state index is 0.119.